The molecule has 1 aromatic rings. The number of carbonyl (C=O) groups excluding carboxylic acids is 2. The van der Waals surface area contributed by atoms with E-state index in [4.69, 9.17) is 38.4 Å². The quantitative estimate of drug-likeness (QED) is 0.642. The lowest BCUT2D eigenvalue weighted by Gasteiger charge is -2.34. The van der Waals surface area contributed by atoms with Crippen LogP contribution in [0.2, 0.25) is 10.0 Å². The first-order valence-electron chi connectivity index (χ1n) is 10.6. The van der Waals surface area contributed by atoms with Gasteiger partial charge in [-0.1, -0.05) is 23.2 Å². The predicted octanol–water partition coefficient (Wildman–Crippen LogP) is 4.24. The number of nitrogen functional groups attached to an aromatic ring is 1. The molecule has 0 radical (unpaired) electrons. The molecule has 3 atom stereocenters. The molecule has 3 rings (SSSR count). The van der Waals surface area contributed by atoms with Crippen molar-refractivity contribution in [3.05, 3.63) is 22.2 Å². The zero-order chi connectivity index (χ0) is 23.6. The highest BCUT2D eigenvalue weighted by atomic mass is 35.5. The molecule has 0 saturated carbocycles. The molecule has 0 unspecified atom stereocenters. The summed E-state index contributed by atoms with van der Waals surface area (Å²) in [5.74, 6) is 0.118. The minimum atomic E-state index is -0.727. The Morgan fingerprint density at radius 1 is 1.22 bits per heavy atom. The first kappa shape index (κ1) is 24.3. The fourth-order valence-corrected chi connectivity index (χ4v) is 4.52. The van der Waals surface area contributed by atoms with Crippen molar-refractivity contribution in [2.75, 3.05) is 18.9 Å². The summed E-state index contributed by atoms with van der Waals surface area (Å²) in [6.07, 6.45) is 1.83. The molecular weight excluding hydrogens is 455 g/mol. The van der Waals surface area contributed by atoms with Crippen LogP contribution in [-0.2, 0) is 9.53 Å². The second kappa shape index (κ2) is 9.63. The number of nitriles is 1. The number of ether oxygens (including phenoxy) is 2. The Balaban J connectivity index is 1.80. The molecule has 2 fully saturated rings. The molecule has 0 spiro atoms. The molecule has 0 bridgehead atoms. The lowest BCUT2D eigenvalue weighted by Crippen LogP contribution is -2.53. The average Bonchev–Trinajstić information content (AvgIpc) is 3.34. The van der Waals surface area contributed by atoms with Gasteiger partial charge < -0.3 is 20.1 Å². The van der Waals surface area contributed by atoms with E-state index in [0.29, 0.717) is 47.3 Å². The summed E-state index contributed by atoms with van der Waals surface area (Å²) in [5.41, 5.74) is 5.44. The topological polar surface area (TPSA) is 109 Å². The van der Waals surface area contributed by atoms with Gasteiger partial charge in [0.25, 0.3) is 0 Å². The molecule has 2 N–H and O–H groups in total. The van der Waals surface area contributed by atoms with Gasteiger partial charge in [-0.25, -0.2) is 4.79 Å². The molecule has 0 aromatic heterocycles. The van der Waals surface area contributed by atoms with E-state index in [1.54, 1.807) is 25.7 Å². The minimum Gasteiger partial charge on any atom is -0.490 e. The number of anilines is 1. The van der Waals surface area contributed by atoms with E-state index in [9.17, 15) is 14.9 Å². The predicted molar refractivity (Wildman–Crippen MR) is 122 cm³/mol. The fourth-order valence-electron chi connectivity index (χ4n) is 4.08. The molecule has 2 aliphatic heterocycles. The van der Waals surface area contributed by atoms with Crippen LogP contribution in [0, 0.1) is 11.3 Å². The van der Waals surface area contributed by atoms with Crippen molar-refractivity contribution >= 4 is 40.9 Å². The summed E-state index contributed by atoms with van der Waals surface area (Å²) in [6.45, 7) is 5.92. The van der Waals surface area contributed by atoms with Crippen molar-refractivity contribution in [1.29, 1.82) is 5.26 Å². The lowest BCUT2D eigenvalue weighted by molar-refractivity contribution is -0.136. The number of benzene rings is 1. The highest BCUT2D eigenvalue weighted by molar-refractivity contribution is 6.37. The Kier molecular flexibility index (Phi) is 7.31. The van der Waals surface area contributed by atoms with Gasteiger partial charge in [0.15, 0.2) is 0 Å². The SMILES string of the molecule is CC(C)(C)OC(=O)N1[C@H](COc2cc(N)c(Cl)cc2Cl)CC[C@@H]1C(=O)N1CCC[C@H]1C#N. The van der Waals surface area contributed by atoms with Gasteiger partial charge in [0, 0.05) is 12.6 Å². The fraction of sp³-hybridized carbons (Fsp3) is 0.591. The number of hydrogen-bond donors (Lipinski definition) is 1. The van der Waals surface area contributed by atoms with Crippen LogP contribution >= 0.6 is 23.2 Å². The largest absolute Gasteiger partial charge is 0.490 e. The van der Waals surface area contributed by atoms with Crippen molar-refractivity contribution in [3.63, 3.8) is 0 Å². The monoisotopic (exact) mass is 482 g/mol. The number of halogens is 2. The minimum absolute atomic E-state index is 0.103. The number of likely N-dealkylation sites (tertiary alicyclic amines) is 2. The molecular formula is C22H28Cl2N4O4. The van der Waals surface area contributed by atoms with E-state index in [1.165, 1.54) is 17.0 Å². The third-order valence-electron chi connectivity index (χ3n) is 5.56. The number of carbonyl (C=O) groups is 2. The van der Waals surface area contributed by atoms with Gasteiger partial charge in [0.2, 0.25) is 5.91 Å². The maximum atomic E-state index is 13.3. The van der Waals surface area contributed by atoms with Crippen molar-refractivity contribution in [3.8, 4) is 11.8 Å². The summed E-state index contributed by atoms with van der Waals surface area (Å²) in [5, 5.41) is 10.0. The maximum absolute atomic E-state index is 13.3. The van der Waals surface area contributed by atoms with E-state index in [-0.39, 0.29) is 12.5 Å². The highest BCUT2D eigenvalue weighted by Crippen LogP contribution is 2.35. The average molecular weight is 483 g/mol. The summed E-state index contributed by atoms with van der Waals surface area (Å²) < 4.78 is 11.5. The standard InChI is InChI=1S/C22H28Cl2N4O4/c1-22(2,3)32-21(30)28-14(12-31-19-10-17(26)15(23)9-16(19)24)6-7-18(28)20(29)27-8-4-5-13(27)11-25/h9-10,13-14,18H,4-8,12,26H2,1-3H3/t13-,14-,18+/m0/s1. The lowest BCUT2D eigenvalue weighted by atomic mass is 10.1. The Labute approximate surface area is 198 Å². The molecule has 0 aliphatic carbocycles. The third kappa shape index (κ3) is 5.33. The summed E-state index contributed by atoms with van der Waals surface area (Å²) >= 11 is 12.2. The Morgan fingerprint density at radius 3 is 2.59 bits per heavy atom. The molecule has 174 valence electrons. The highest BCUT2D eigenvalue weighted by Gasteiger charge is 2.46. The Hall–Kier alpha value is -2.37. The Bertz CT molecular complexity index is 928. The van der Waals surface area contributed by atoms with E-state index >= 15 is 0 Å². The maximum Gasteiger partial charge on any atom is 0.411 e. The van der Waals surface area contributed by atoms with Gasteiger partial charge in [0.05, 0.1) is 27.8 Å². The smallest absolute Gasteiger partial charge is 0.411 e. The van der Waals surface area contributed by atoms with E-state index < -0.39 is 29.8 Å². The van der Waals surface area contributed by atoms with Crippen LogP contribution in [0.5, 0.6) is 5.75 Å². The van der Waals surface area contributed by atoms with Crippen molar-refractivity contribution in [2.45, 2.75) is 70.2 Å². The van der Waals surface area contributed by atoms with Crippen LogP contribution in [0.25, 0.3) is 0 Å². The van der Waals surface area contributed by atoms with Gasteiger partial charge in [0.1, 0.15) is 30.0 Å². The molecule has 32 heavy (non-hydrogen) atoms. The molecule has 2 aliphatic rings. The number of hydrogen-bond acceptors (Lipinski definition) is 6. The summed E-state index contributed by atoms with van der Waals surface area (Å²) in [6, 6.07) is 3.63. The number of nitrogens with two attached hydrogens (primary N) is 1. The summed E-state index contributed by atoms with van der Waals surface area (Å²) in [4.78, 5) is 29.4. The van der Waals surface area contributed by atoms with Crippen molar-refractivity contribution in [1.82, 2.24) is 9.80 Å². The van der Waals surface area contributed by atoms with Gasteiger partial charge in [-0.3, -0.25) is 9.69 Å². The van der Waals surface area contributed by atoms with Crippen LogP contribution in [0.15, 0.2) is 12.1 Å². The van der Waals surface area contributed by atoms with Crippen LogP contribution in [0.4, 0.5) is 10.5 Å². The van der Waals surface area contributed by atoms with Gasteiger partial charge >= 0.3 is 6.09 Å². The van der Waals surface area contributed by atoms with E-state index in [0.717, 1.165) is 6.42 Å². The van der Waals surface area contributed by atoms with Crippen LogP contribution in [0.3, 0.4) is 0 Å². The normalized spacial score (nSPS) is 23.2. The Morgan fingerprint density at radius 2 is 1.94 bits per heavy atom. The molecule has 2 amide bonds. The third-order valence-corrected chi connectivity index (χ3v) is 6.18. The van der Waals surface area contributed by atoms with Gasteiger partial charge in [-0.05, 0) is 52.5 Å². The number of nitrogens with zero attached hydrogens (tertiary/aromatic N) is 3. The van der Waals surface area contributed by atoms with E-state index in [1.807, 2.05) is 0 Å². The van der Waals surface area contributed by atoms with Gasteiger partial charge in [-0.2, -0.15) is 5.26 Å². The van der Waals surface area contributed by atoms with Crippen molar-refractivity contribution < 1.29 is 19.1 Å². The van der Waals surface area contributed by atoms with E-state index in [2.05, 4.69) is 6.07 Å². The van der Waals surface area contributed by atoms with Gasteiger partial charge in [-0.15, -0.1) is 0 Å². The zero-order valence-corrected chi connectivity index (χ0v) is 19.9. The zero-order valence-electron chi connectivity index (χ0n) is 18.4. The second-order valence-electron chi connectivity index (χ2n) is 9.07. The number of rotatable bonds is 4. The van der Waals surface area contributed by atoms with Crippen molar-refractivity contribution in [2.24, 2.45) is 0 Å². The molecule has 2 saturated heterocycles. The second-order valence-corrected chi connectivity index (χ2v) is 9.88. The molecule has 2 heterocycles. The first-order chi connectivity index (χ1) is 15.0. The van der Waals surface area contributed by atoms with Crippen LogP contribution < -0.4 is 10.5 Å². The first-order valence-corrected chi connectivity index (χ1v) is 11.4. The van der Waals surface area contributed by atoms with Crippen LogP contribution in [0.1, 0.15) is 46.5 Å². The molecule has 10 heteroatoms. The van der Waals surface area contributed by atoms with Crippen LogP contribution in [-0.4, -0.2) is 58.7 Å². The molecule has 1 aromatic carbocycles. The summed E-state index contributed by atoms with van der Waals surface area (Å²) in [7, 11) is 0. The number of amides is 2. The molecule has 8 nitrogen and oxygen atoms in total.